The van der Waals surface area contributed by atoms with Crippen molar-refractivity contribution >= 4 is 34.4 Å². The highest BCUT2D eigenvalue weighted by Crippen LogP contribution is 2.30. The average Bonchev–Trinajstić information content (AvgIpc) is 2.74. The van der Waals surface area contributed by atoms with E-state index in [9.17, 15) is 9.59 Å². The standard InChI is InChI=1S/C16H21N3O2S/c1-4-17-16(18-5-2)22-13-10-14(20)19(15(13)21)12-8-6-7-11(3)9-12/h6-9,13H,4-5,10H2,1-3H3,(H,17,18)/t13-/m1/s1. The summed E-state index contributed by atoms with van der Waals surface area (Å²) in [5, 5.41) is 3.46. The first-order chi connectivity index (χ1) is 10.6. The second-order valence-corrected chi connectivity index (χ2v) is 6.22. The zero-order chi connectivity index (χ0) is 16.1. The van der Waals surface area contributed by atoms with Gasteiger partial charge in [0.05, 0.1) is 5.69 Å². The molecule has 1 N–H and O–H groups in total. The maximum Gasteiger partial charge on any atom is 0.247 e. The van der Waals surface area contributed by atoms with Crippen LogP contribution in [0.15, 0.2) is 29.3 Å². The average molecular weight is 319 g/mol. The van der Waals surface area contributed by atoms with Gasteiger partial charge in [-0.3, -0.25) is 14.6 Å². The van der Waals surface area contributed by atoms with E-state index in [1.54, 1.807) is 6.07 Å². The Morgan fingerprint density at radius 3 is 2.82 bits per heavy atom. The van der Waals surface area contributed by atoms with E-state index in [0.29, 0.717) is 12.2 Å². The number of carbonyl (C=O) groups excluding carboxylic acids is 2. The Bertz CT molecular complexity index is 601. The molecular formula is C16H21N3O2S. The minimum atomic E-state index is -0.405. The van der Waals surface area contributed by atoms with Crippen LogP contribution < -0.4 is 10.2 Å². The highest BCUT2D eigenvalue weighted by atomic mass is 32.2. The van der Waals surface area contributed by atoms with Gasteiger partial charge in [-0.15, -0.1) is 0 Å². The molecule has 1 aromatic carbocycles. The fraction of sp³-hybridized carbons (Fsp3) is 0.438. The molecule has 5 nitrogen and oxygen atoms in total. The second kappa shape index (κ2) is 7.45. The lowest BCUT2D eigenvalue weighted by Gasteiger charge is -2.16. The summed E-state index contributed by atoms with van der Waals surface area (Å²) < 4.78 is 0. The zero-order valence-electron chi connectivity index (χ0n) is 13.1. The van der Waals surface area contributed by atoms with Gasteiger partial charge < -0.3 is 5.32 Å². The number of nitrogens with zero attached hydrogens (tertiary/aromatic N) is 2. The molecule has 0 unspecified atom stereocenters. The van der Waals surface area contributed by atoms with E-state index in [1.165, 1.54) is 16.7 Å². The summed E-state index contributed by atoms with van der Waals surface area (Å²) in [6.07, 6.45) is 0.214. The summed E-state index contributed by atoms with van der Waals surface area (Å²) >= 11 is 1.34. The molecule has 2 amide bonds. The van der Waals surface area contributed by atoms with Crippen LogP contribution in [-0.2, 0) is 9.59 Å². The van der Waals surface area contributed by atoms with Crippen LogP contribution in [0, 0.1) is 6.92 Å². The van der Waals surface area contributed by atoms with Crippen LogP contribution in [0.5, 0.6) is 0 Å². The second-order valence-electron chi connectivity index (χ2n) is 5.03. The molecular weight excluding hydrogens is 298 g/mol. The first-order valence-electron chi connectivity index (χ1n) is 7.45. The first kappa shape index (κ1) is 16.5. The molecule has 1 atom stereocenters. The summed E-state index contributed by atoms with van der Waals surface area (Å²) in [4.78, 5) is 30.4. The number of rotatable bonds is 4. The number of anilines is 1. The number of amides is 2. The van der Waals surface area contributed by atoms with Gasteiger partial charge >= 0.3 is 0 Å². The van der Waals surface area contributed by atoms with Crippen LogP contribution >= 0.6 is 11.8 Å². The molecule has 0 bridgehead atoms. The molecule has 1 saturated heterocycles. The van der Waals surface area contributed by atoms with E-state index in [-0.39, 0.29) is 18.2 Å². The largest absolute Gasteiger partial charge is 0.365 e. The van der Waals surface area contributed by atoms with Crippen LogP contribution in [0.2, 0.25) is 0 Å². The van der Waals surface area contributed by atoms with Gasteiger partial charge in [0.1, 0.15) is 5.25 Å². The van der Waals surface area contributed by atoms with E-state index in [2.05, 4.69) is 10.3 Å². The van der Waals surface area contributed by atoms with Gasteiger partial charge in [-0.25, -0.2) is 4.90 Å². The molecule has 1 aliphatic heterocycles. The van der Waals surface area contributed by atoms with E-state index in [0.717, 1.165) is 17.3 Å². The van der Waals surface area contributed by atoms with Gasteiger partial charge in [-0.05, 0) is 38.5 Å². The van der Waals surface area contributed by atoms with Crippen molar-refractivity contribution in [2.45, 2.75) is 32.4 Å². The summed E-state index contributed by atoms with van der Waals surface area (Å²) in [5.74, 6) is -0.317. The minimum absolute atomic E-state index is 0.152. The molecule has 0 aromatic heterocycles. The number of benzene rings is 1. The quantitative estimate of drug-likeness (QED) is 0.526. The Morgan fingerprint density at radius 1 is 1.41 bits per heavy atom. The smallest absolute Gasteiger partial charge is 0.247 e. The monoisotopic (exact) mass is 319 g/mol. The highest BCUT2D eigenvalue weighted by molar-refractivity contribution is 8.15. The maximum atomic E-state index is 12.6. The number of amidine groups is 1. The van der Waals surface area contributed by atoms with E-state index < -0.39 is 5.25 Å². The number of hydrogen-bond donors (Lipinski definition) is 1. The SMILES string of the molecule is CCN=C(NCC)S[C@@H]1CC(=O)N(c2cccc(C)c2)C1=O. The Balaban J connectivity index is 2.16. The number of hydrogen-bond acceptors (Lipinski definition) is 4. The van der Waals surface area contributed by atoms with Crippen molar-refractivity contribution in [1.82, 2.24) is 5.32 Å². The fourth-order valence-corrected chi connectivity index (χ4v) is 3.43. The van der Waals surface area contributed by atoms with E-state index in [4.69, 9.17) is 0 Å². The molecule has 0 radical (unpaired) electrons. The lowest BCUT2D eigenvalue weighted by atomic mass is 10.2. The molecule has 0 saturated carbocycles. The number of imide groups is 1. The third-order valence-electron chi connectivity index (χ3n) is 3.25. The Labute approximate surface area is 135 Å². The predicted molar refractivity (Wildman–Crippen MR) is 91.3 cm³/mol. The lowest BCUT2D eigenvalue weighted by Crippen LogP contribution is -2.32. The van der Waals surface area contributed by atoms with Gasteiger partial charge in [0.25, 0.3) is 0 Å². The molecule has 2 rings (SSSR count). The Kier molecular flexibility index (Phi) is 5.60. The molecule has 1 heterocycles. The van der Waals surface area contributed by atoms with Crippen molar-refractivity contribution in [3.05, 3.63) is 29.8 Å². The summed E-state index contributed by atoms with van der Waals surface area (Å²) in [7, 11) is 0. The van der Waals surface area contributed by atoms with Crippen molar-refractivity contribution in [3.8, 4) is 0 Å². The number of nitrogens with one attached hydrogen (secondary N) is 1. The van der Waals surface area contributed by atoms with Crippen molar-refractivity contribution in [1.29, 1.82) is 0 Å². The van der Waals surface area contributed by atoms with Crippen molar-refractivity contribution in [2.75, 3.05) is 18.0 Å². The van der Waals surface area contributed by atoms with Gasteiger partial charge in [0.2, 0.25) is 11.8 Å². The van der Waals surface area contributed by atoms with Crippen molar-refractivity contribution in [3.63, 3.8) is 0 Å². The van der Waals surface area contributed by atoms with E-state index in [1.807, 2.05) is 39.0 Å². The van der Waals surface area contributed by atoms with Crippen molar-refractivity contribution < 1.29 is 9.59 Å². The fourth-order valence-electron chi connectivity index (χ4n) is 2.30. The Morgan fingerprint density at radius 2 is 2.18 bits per heavy atom. The van der Waals surface area contributed by atoms with Crippen LogP contribution in [0.4, 0.5) is 5.69 Å². The van der Waals surface area contributed by atoms with Gasteiger partial charge in [0, 0.05) is 19.5 Å². The van der Waals surface area contributed by atoms with Crippen LogP contribution in [0.25, 0.3) is 0 Å². The van der Waals surface area contributed by atoms with Crippen LogP contribution in [-0.4, -0.2) is 35.3 Å². The summed E-state index contributed by atoms with van der Waals surface area (Å²) in [6, 6.07) is 7.45. The Hall–Kier alpha value is -1.82. The normalized spacial score (nSPS) is 19.0. The number of aryl methyl sites for hydroxylation is 1. The maximum absolute atomic E-state index is 12.6. The summed E-state index contributed by atoms with van der Waals surface area (Å²) in [5.41, 5.74) is 1.67. The molecule has 1 fully saturated rings. The zero-order valence-corrected chi connectivity index (χ0v) is 13.9. The predicted octanol–water partition coefficient (Wildman–Crippen LogP) is 2.35. The number of thioether (sulfide) groups is 1. The molecule has 118 valence electrons. The van der Waals surface area contributed by atoms with Crippen LogP contribution in [0.3, 0.4) is 0 Å². The lowest BCUT2D eigenvalue weighted by molar-refractivity contribution is -0.121. The minimum Gasteiger partial charge on any atom is -0.365 e. The highest BCUT2D eigenvalue weighted by Gasteiger charge is 2.40. The molecule has 0 spiro atoms. The molecule has 6 heteroatoms. The molecule has 22 heavy (non-hydrogen) atoms. The van der Waals surface area contributed by atoms with Gasteiger partial charge in [0.15, 0.2) is 5.17 Å². The molecule has 0 aliphatic carbocycles. The first-order valence-corrected chi connectivity index (χ1v) is 8.33. The summed E-state index contributed by atoms with van der Waals surface area (Å²) in [6.45, 7) is 7.25. The molecule has 1 aliphatic rings. The van der Waals surface area contributed by atoms with Crippen LogP contribution in [0.1, 0.15) is 25.8 Å². The van der Waals surface area contributed by atoms with Crippen molar-refractivity contribution in [2.24, 2.45) is 4.99 Å². The third-order valence-corrected chi connectivity index (χ3v) is 4.40. The number of carbonyl (C=O) groups is 2. The molecule has 1 aromatic rings. The topological polar surface area (TPSA) is 61.8 Å². The van der Waals surface area contributed by atoms with E-state index >= 15 is 0 Å². The third kappa shape index (κ3) is 3.68. The van der Waals surface area contributed by atoms with Gasteiger partial charge in [-0.1, -0.05) is 23.9 Å². The number of aliphatic imine (C=N–C) groups is 1. The van der Waals surface area contributed by atoms with Gasteiger partial charge in [-0.2, -0.15) is 0 Å².